The Balaban J connectivity index is 2.08. The third-order valence-corrected chi connectivity index (χ3v) is 2.64. The molecule has 1 amide bonds. The number of hydrogen-bond donors (Lipinski definition) is 2. The molecule has 0 spiro atoms. The van der Waals surface area contributed by atoms with Crippen molar-refractivity contribution in [2.24, 2.45) is 0 Å². The van der Waals surface area contributed by atoms with Crippen LogP contribution in [-0.2, 0) is 0 Å². The van der Waals surface area contributed by atoms with Gasteiger partial charge >= 0.3 is 0 Å². The highest BCUT2D eigenvalue weighted by Gasteiger charge is 2.06. The minimum absolute atomic E-state index is 0.207. The summed E-state index contributed by atoms with van der Waals surface area (Å²) in [4.78, 5) is 23.1. The maximum Gasteiger partial charge on any atom is 0.255 e. The van der Waals surface area contributed by atoms with Crippen molar-refractivity contribution >= 4 is 17.4 Å². The summed E-state index contributed by atoms with van der Waals surface area (Å²) in [6, 6.07) is 15.3. The first-order valence-electron chi connectivity index (χ1n) is 5.81. The number of benzene rings is 2. The summed E-state index contributed by atoms with van der Waals surface area (Å²) in [5, 5.41) is 11.5. The molecular formula is C15H13NO3. The monoisotopic (exact) mass is 255 g/mol. The average Bonchev–Trinajstić information content (AvgIpc) is 2.48. The minimum Gasteiger partial charge on any atom is -0.388 e. The second-order valence-corrected chi connectivity index (χ2v) is 3.98. The highest BCUT2D eigenvalue weighted by atomic mass is 16.3. The number of anilines is 1. The topological polar surface area (TPSA) is 66.4 Å². The van der Waals surface area contributed by atoms with Gasteiger partial charge in [-0.05, 0) is 36.4 Å². The molecule has 0 radical (unpaired) electrons. The maximum absolute atomic E-state index is 11.9. The Hall–Kier alpha value is -2.46. The van der Waals surface area contributed by atoms with Gasteiger partial charge in [-0.1, -0.05) is 18.2 Å². The molecule has 0 aliphatic carbocycles. The quantitative estimate of drug-likeness (QED) is 0.822. The van der Waals surface area contributed by atoms with E-state index in [4.69, 9.17) is 5.11 Å². The van der Waals surface area contributed by atoms with Crippen LogP contribution in [0.1, 0.15) is 20.7 Å². The third kappa shape index (κ3) is 3.26. The van der Waals surface area contributed by atoms with E-state index in [1.807, 2.05) is 6.07 Å². The molecule has 0 aromatic heterocycles. The normalized spacial score (nSPS) is 9.95. The zero-order valence-electron chi connectivity index (χ0n) is 10.2. The van der Waals surface area contributed by atoms with E-state index >= 15 is 0 Å². The Morgan fingerprint density at radius 1 is 0.895 bits per heavy atom. The summed E-state index contributed by atoms with van der Waals surface area (Å²) in [6.07, 6.45) is 0. The highest BCUT2D eigenvalue weighted by Crippen LogP contribution is 2.11. The van der Waals surface area contributed by atoms with Crippen molar-refractivity contribution in [3.63, 3.8) is 0 Å². The predicted octanol–water partition coefficient (Wildman–Crippen LogP) is 2.11. The number of nitrogens with one attached hydrogen (secondary N) is 1. The molecule has 4 nitrogen and oxygen atoms in total. The van der Waals surface area contributed by atoms with Gasteiger partial charge in [0.2, 0.25) is 0 Å². The number of Topliss-reactive ketones (excluding diaryl/α,β-unsaturated/α-hetero) is 1. The molecule has 0 saturated heterocycles. The standard InChI is InChI=1S/C15H13NO3/c17-10-14(18)11-6-8-13(9-7-11)16-15(19)12-4-2-1-3-5-12/h1-9,17H,10H2,(H,16,19). The molecule has 2 aromatic carbocycles. The molecule has 96 valence electrons. The van der Waals surface area contributed by atoms with Crippen LogP contribution in [0, 0.1) is 0 Å². The molecule has 2 aromatic rings. The lowest BCUT2D eigenvalue weighted by Crippen LogP contribution is -2.12. The molecule has 0 aliphatic rings. The molecular weight excluding hydrogens is 242 g/mol. The number of amides is 1. The van der Waals surface area contributed by atoms with Crippen LogP contribution in [0.5, 0.6) is 0 Å². The largest absolute Gasteiger partial charge is 0.388 e. The SMILES string of the molecule is O=C(CO)c1ccc(NC(=O)c2ccccc2)cc1. The molecule has 0 saturated carbocycles. The zero-order chi connectivity index (χ0) is 13.7. The van der Waals surface area contributed by atoms with Gasteiger partial charge in [-0.15, -0.1) is 0 Å². The van der Waals surface area contributed by atoms with Gasteiger partial charge in [-0.2, -0.15) is 0 Å². The second-order valence-electron chi connectivity index (χ2n) is 3.98. The van der Waals surface area contributed by atoms with Crippen LogP contribution in [0.2, 0.25) is 0 Å². The first-order valence-corrected chi connectivity index (χ1v) is 5.81. The number of aliphatic hydroxyl groups is 1. The first-order chi connectivity index (χ1) is 9.20. The van der Waals surface area contributed by atoms with Crippen LogP contribution in [0.25, 0.3) is 0 Å². The van der Waals surface area contributed by atoms with E-state index in [0.29, 0.717) is 16.8 Å². The highest BCUT2D eigenvalue weighted by molar-refractivity contribution is 6.04. The average molecular weight is 255 g/mol. The number of rotatable bonds is 4. The zero-order valence-corrected chi connectivity index (χ0v) is 10.2. The smallest absolute Gasteiger partial charge is 0.255 e. The molecule has 19 heavy (non-hydrogen) atoms. The fourth-order valence-electron chi connectivity index (χ4n) is 1.62. The van der Waals surface area contributed by atoms with Crippen LogP contribution < -0.4 is 5.32 Å². The Morgan fingerprint density at radius 2 is 1.53 bits per heavy atom. The van der Waals surface area contributed by atoms with Crippen LogP contribution in [0.4, 0.5) is 5.69 Å². The third-order valence-electron chi connectivity index (χ3n) is 2.64. The van der Waals surface area contributed by atoms with Gasteiger partial charge in [0.05, 0.1) is 0 Å². The summed E-state index contributed by atoms with van der Waals surface area (Å²) in [5.74, 6) is -0.553. The van der Waals surface area contributed by atoms with Crippen LogP contribution in [0.3, 0.4) is 0 Å². The Morgan fingerprint density at radius 3 is 2.11 bits per heavy atom. The van der Waals surface area contributed by atoms with Crippen molar-refractivity contribution < 1.29 is 14.7 Å². The van der Waals surface area contributed by atoms with E-state index in [1.54, 1.807) is 48.5 Å². The molecule has 0 atom stereocenters. The van der Waals surface area contributed by atoms with E-state index in [1.165, 1.54) is 0 Å². The fourth-order valence-corrected chi connectivity index (χ4v) is 1.62. The number of hydrogen-bond acceptors (Lipinski definition) is 3. The van der Waals surface area contributed by atoms with Gasteiger partial charge in [-0.3, -0.25) is 9.59 Å². The van der Waals surface area contributed by atoms with Crippen LogP contribution in [-0.4, -0.2) is 23.4 Å². The van der Waals surface area contributed by atoms with Crippen LogP contribution in [0.15, 0.2) is 54.6 Å². The molecule has 0 heterocycles. The number of ketones is 1. The Labute approximate surface area is 110 Å². The van der Waals surface area contributed by atoms with E-state index in [9.17, 15) is 9.59 Å². The van der Waals surface area contributed by atoms with Gasteiger partial charge < -0.3 is 10.4 Å². The van der Waals surface area contributed by atoms with E-state index in [2.05, 4.69) is 5.32 Å². The van der Waals surface area contributed by atoms with Gasteiger partial charge in [0, 0.05) is 16.8 Å². The van der Waals surface area contributed by atoms with Gasteiger partial charge in [-0.25, -0.2) is 0 Å². The molecule has 2 N–H and O–H groups in total. The molecule has 0 unspecified atom stereocenters. The number of carbonyl (C=O) groups is 2. The molecule has 0 fully saturated rings. The maximum atomic E-state index is 11.9. The molecule has 0 bridgehead atoms. The lowest BCUT2D eigenvalue weighted by atomic mass is 10.1. The van der Waals surface area contributed by atoms with Crippen molar-refractivity contribution in [2.45, 2.75) is 0 Å². The lowest BCUT2D eigenvalue weighted by molar-refractivity contribution is 0.0903. The van der Waals surface area contributed by atoms with Gasteiger partial charge in [0.1, 0.15) is 6.61 Å². The molecule has 2 rings (SSSR count). The predicted molar refractivity (Wildman–Crippen MR) is 72.3 cm³/mol. The fraction of sp³-hybridized carbons (Fsp3) is 0.0667. The number of aliphatic hydroxyl groups excluding tert-OH is 1. The van der Waals surface area contributed by atoms with Crippen molar-refractivity contribution in [1.29, 1.82) is 0 Å². The van der Waals surface area contributed by atoms with Crippen LogP contribution >= 0.6 is 0 Å². The summed E-state index contributed by atoms with van der Waals surface area (Å²) in [7, 11) is 0. The number of carbonyl (C=O) groups excluding carboxylic acids is 2. The van der Waals surface area contributed by atoms with E-state index < -0.39 is 6.61 Å². The van der Waals surface area contributed by atoms with Gasteiger partial charge in [0.25, 0.3) is 5.91 Å². The summed E-state index contributed by atoms with van der Waals surface area (Å²) < 4.78 is 0. The minimum atomic E-state index is -0.518. The summed E-state index contributed by atoms with van der Waals surface area (Å²) in [5.41, 5.74) is 1.58. The molecule has 4 heteroatoms. The van der Waals surface area contributed by atoms with Gasteiger partial charge in [0.15, 0.2) is 5.78 Å². The first kappa shape index (κ1) is 13.0. The van der Waals surface area contributed by atoms with Crippen molar-refractivity contribution in [2.75, 3.05) is 11.9 Å². The van der Waals surface area contributed by atoms with E-state index in [0.717, 1.165) is 0 Å². The summed E-state index contributed by atoms with van der Waals surface area (Å²) >= 11 is 0. The Kier molecular flexibility index (Phi) is 4.05. The summed E-state index contributed by atoms with van der Waals surface area (Å²) in [6.45, 7) is -0.518. The van der Waals surface area contributed by atoms with Crippen molar-refractivity contribution in [1.82, 2.24) is 0 Å². The lowest BCUT2D eigenvalue weighted by Gasteiger charge is -2.05. The van der Waals surface area contributed by atoms with Crippen molar-refractivity contribution in [3.05, 3.63) is 65.7 Å². The molecule has 0 aliphatic heterocycles. The Bertz CT molecular complexity index is 576. The van der Waals surface area contributed by atoms with E-state index in [-0.39, 0.29) is 11.7 Å². The van der Waals surface area contributed by atoms with Crippen molar-refractivity contribution in [3.8, 4) is 0 Å². The second kappa shape index (κ2) is 5.93.